The molecule has 0 aliphatic carbocycles. The molecule has 1 aliphatic rings. The summed E-state index contributed by atoms with van der Waals surface area (Å²) < 4.78 is 48.4. The Morgan fingerprint density at radius 3 is 2.35 bits per heavy atom. The normalized spacial score (nSPS) is 21.9. The van der Waals surface area contributed by atoms with Crippen LogP contribution in [0.25, 0.3) is 0 Å². The van der Waals surface area contributed by atoms with Crippen molar-refractivity contribution in [2.45, 2.75) is 18.1 Å². The second-order valence-corrected chi connectivity index (χ2v) is 8.30. The SMILES string of the molecule is NC/C=C/CNS(=O)(=O)C1CCS(=O)(=O)CC1. The van der Waals surface area contributed by atoms with Crippen molar-refractivity contribution in [3.63, 3.8) is 0 Å². The highest BCUT2D eigenvalue weighted by Gasteiger charge is 2.32. The van der Waals surface area contributed by atoms with E-state index < -0.39 is 25.1 Å². The van der Waals surface area contributed by atoms with E-state index in [4.69, 9.17) is 5.73 Å². The molecule has 0 radical (unpaired) electrons. The zero-order valence-electron chi connectivity index (χ0n) is 9.50. The van der Waals surface area contributed by atoms with E-state index in [0.29, 0.717) is 6.54 Å². The monoisotopic (exact) mass is 282 g/mol. The summed E-state index contributed by atoms with van der Waals surface area (Å²) in [5.41, 5.74) is 5.22. The molecular formula is C9H18N2O4S2. The number of nitrogens with two attached hydrogens (primary N) is 1. The maximum atomic E-state index is 11.8. The molecule has 1 saturated heterocycles. The topological polar surface area (TPSA) is 106 Å². The van der Waals surface area contributed by atoms with Crippen LogP contribution in [0.2, 0.25) is 0 Å². The van der Waals surface area contributed by atoms with Gasteiger partial charge in [-0.2, -0.15) is 0 Å². The maximum Gasteiger partial charge on any atom is 0.214 e. The predicted octanol–water partition coefficient (Wildman–Crippen LogP) is -1.00. The van der Waals surface area contributed by atoms with Gasteiger partial charge in [0.05, 0.1) is 16.8 Å². The van der Waals surface area contributed by atoms with E-state index in [1.54, 1.807) is 12.2 Å². The average molecular weight is 282 g/mol. The molecule has 0 atom stereocenters. The summed E-state index contributed by atoms with van der Waals surface area (Å²) in [6, 6.07) is 0. The van der Waals surface area contributed by atoms with Crippen molar-refractivity contribution in [2.75, 3.05) is 24.6 Å². The van der Waals surface area contributed by atoms with Gasteiger partial charge in [0.15, 0.2) is 0 Å². The molecule has 0 amide bonds. The van der Waals surface area contributed by atoms with Crippen LogP contribution < -0.4 is 10.5 Å². The number of sulfonamides is 1. The number of sulfone groups is 1. The van der Waals surface area contributed by atoms with Crippen LogP contribution in [0.1, 0.15) is 12.8 Å². The molecule has 0 aromatic heterocycles. The molecule has 1 rings (SSSR count). The zero-order valence-corrected chi connectivity index (χ0v) is 11.1. The molecule has 6 nitrogen and oxygen atoms in total. The van der Waals surface area contributed by atoms with Crippen molar-refractivity contribution < 1.29 is 16.8 Å². The molecule has 0 aromatic rings. The highest BCUT2D eigenvalue weighted by molar-refractivity contribution is 7.92. The molecule has 0 aromatic carbocycles. The molecule has 1 fully saturated rings. The van der Waals surface area contributed by atoms with Crippen molar-refractivity contribution in [3.8, 4) is 0 Å². The number of rotatable bonds is 5. The first-order chi connectivity index (χ1) is 7.87. The first-order valence-electron chi connectivity index (χ1n) is 5.41. The molecule has 1 heterocycles. The average Bonchev–Trinajstić information content (AvgIpc) is 2.24. The molecule has 100 valence electrons. The Morgan fingerprint density at radius 1 is 1.24 bits per heavy atom. The van der Waals surface area contributed by atoms with Crippen LogP contribution >= 0.6 is 0 Å². The van der Waals surface area contributed by atoms with Gasteiger partial charge in [-0.1, -0.05) is 12.2 Å². The van der Waals surface area contributed by atoms with Crippen LogP contribution in [0.5, 0.6) is 0 Å². The van der Waals surface area contributed by atoms with Crippen molar-refractivity contribution in [1.82, 2.24) is 4.72 Å². The van der Waals surface area contributed by atoms with Gasteiger partial charge in [-0.05, 0) is 12.8 Å². The Morgan fingerprint density at radius 2 is 1.82 bits per heavy atom. The first kappa shape index (κ1) is 14.6. The predicted molar refractivity (Wildman–Crippen MR) is 66.8 cm³/mol. The highest BCUT2D eigenvalue weighted by atomic mass is 32.2. The van der Waals surface area contributed by atoms with E-state index in [9.17, 15) is 16.8 Å². The van der Waals surface area contributed by atoms with Crippen molar-refractivity contribution in [2.24, 2.45) is 5.73 Å². The lowest BCUT2D eigenvalue weighted by atomic mass is 10.2. The Balaban J connectivity index is 2.52. The lowest BCUT2D eigenvalue weighted by molar-refractivity contribution is 0.545. The molecular weight excluding hydrogens is 264 g/mol. The van der Waals surface area contributed by atoms with Gasteiger partial charge in [0.1, 0.15) is 9.84 Å². The molecule has 0 saturated carbocycles. The molecule has 3 N–H and O–H groups in total. The third-order valence-electron chi connectivity index (χ3n) is 2.65. The summed E-state index contributed by atoms with van der Waals surface area (Å²) in [5.74, 6) is -0.0889. The fourth-order valence-electron chi connectivity index (χ4n) is 1.64. The van der Waals surface area contributed by atoms with Gasteiger partial charge in [-0.3, -0.25) is 0 Å². The van der Waals surface area contributed by atoms with Gasteiger partial charge in [0.25, 0.3) is 0 Å². The number of hydrogen-bond donors (Lipinski definition) is 2. The minimum absolute atomic E-state index is 0.0444. The van der Waals surface area contributed by atoms with Crippen molar-refractivity contribution >= 4 is 19.9 Å². The third kappa shape index (κ3) is 4.74. The van der Waals surface area contributed by atoms with Crippen molar-refractivity contribution in [3.05, 3.63) is 12.2 Å². The summed E-state index contributed by atoms with van der Waals surface area (Å²) >= 11 is 0. The minimum atomic E-state index is -3.42. The summed E-state index contributed by atoms with van der Waals surface area (Å²) in [6.07, 6.45) is 3.65. The van der Waals surface area contributed by atoms with Gasteiger partial charge in [0.2, 0.25) is 10.0 Å². The Bertz CT molecular complexity index is 453. The zero-order chi connectivity index (χ0) is 12.9. The molecule has 0 bridgehead atoms. The van der Waals surface area contributed by atoms with E-state index in [-0.39, 0.29) is 30.9 Å². The lowest BCUT2D eigenvalue weighted by Gasteiger charge is -2.21. The van der Waals surface area contributed by atoms with E-state index in [0.717, 1.165) is 0 Å². The summed E-state index contributed by atoms with van der Waals surface area (Å²) in [4.78, 5) is 0. The van der Waals surface area contributed by atoms with Crippen LogP contribution in [-0.4, -0.2) is 46.7 Å². The number of nitrogens with one attached hydrogen (secondary N) is 1. The van der Waals surface area contributed by atoms with Crippen molar-refractivity contribution in [1.29, 1.82) is 0 Å². The molecule has 17 heavy (non-hydrogen) atoms. The first-order valence-corrected chi connectivity index (χ1v) is 8.78. The van der Waals surface area contributed by atoms with Gasteiger partial charge >= 0.3 is 0 Å². The van der Waals surface area contributed by atoms with E-state index in [2.05, 4.69) is 4.72 Å². The minimum Gasteiger partial charge on any atom is -0.327 e. The Labute approximate surface area is 102 Å². The second kappa shape index (κ2) is 5.94. The molecule has 0 unspecified atom stereocenters. The fraction of sp³-hybridized carbons (Fsp3) is 0.778. The third-order valence-corrected chi connectivity index (χ3v) is 6.28. The Hall–Kier alpha value is -0.440. The van der Waals surface area contributed by atoms with Gasteiger partial charge < -0.3 is 5.73 Å². The van der Waals surface area contributed by atoms with Gasteiger partial charge in [-0.15, -0.1) is 0 Å². The van der Waals surface area contributed by atoms with Crippen LogP contribution in [-0.2, 0) is 19.9 Å². The summed E-state index contributed by atoms with van der Waals surface area (Å²) in [7, 11) is -6.45. The molecule has 1 aliphatic heterocycles. The highest BCUT2D eigenvalue weighted by Crippen LogP contribution is 2.18. The van der Waals surface area contributed by atoms with E-state index in [1.807, 2.05) is 0 Å². The van der Waals surface area contributed by atoms with Crippen LogP contribution in [0.15, 0.2) is 12.2 Å². The quantitative estimate of drug-likeness (QED) is 0.629. The van der Waals surface area contributed by atoms with Crippen LogP contribution in [0.4, 0.5) is 0 Å². The second-order valence-electron chi connectivity index (χ2n) is 3.95. The van der Waals surface area contributed by atoms with Gasteiger partial charge in [0, 0.05) is 13.1 Å². The van der Waals surface area contributed by atoms with E-state index >= 15 is 0 Å². The van der Waals surface area contributed by atoms with Gasteiger partial charge in [-0.25, -0.2) is 21.6 Å². The van der Waals surface area contributed by atoms with E-state index in [1.165, 1.54) is 0 Å². The number of hydrogen-bond acceptors (Lipinski definition) is 5. The van der Waals surface area contributed by atoms with Crippen LogP contribution in [0.3, 0.4) is 0 Å². The Kier molecular flexibility index (Phi) is 5.11. The molecule has 8 heteroatoms. The largest absolute Gasteiger partial charge is 0.327 e. The summed E-state index contributed by atoms with van der Waals surface area (Å²) in [6.45, 7) is 0.562. The maximum absolute atomic E-state index is 11.8. The standard InChI is InChI=1S/C9H18N2O4S2/c10-5-1-2-6-11-17(14,15)9-3-7-16(12,13)8-4-9/h1-2,9,11H,3-8,10H2/b2-1+. The van der Waals surface area contributed by atoms with Crippen LogP contribution in [0, 0.1) is 0 Å². The summed E-state index contributed by atoms with van der Waals surface area (Å²) in [5, 5.41) is -0.600. The lowest BCUT2D eigenvalue weighted by Crippen LogP contribution is -2.39. The fourth-order valence-corrected chi connectivity index (χ4v) is 4.85. The molecule has 0 spiro atoms. The smallest absolute Gasteiger partial charge is 0.214 e.